The number of rotatable bonds is 9. The van der Waals surface area contributed by atoms with Gasteiger partial charge in [0.15, 0.2) is 0 Å². The zero-order valence-corrected chi connectivity index (χ0v) is 23.6. The lowest BCUT2D eigenvalue weighted by Crippen LogP contribution is -2.50. The van der Waals surface area contributed by atoms with Crippen LogP contribution in [0.1, 0.15) is 54.2 Å². The highest BCUT2D eigenvalue weighted by Crippen LogP contribution is 2.27. The van der Waals surface area contributed by atoms with Crippen LogP contribution in [0.4, 0.5) is 0 Å². The molecule has 0 spiro atoms. The van der Waals surface area contributed by atoms with Gasteiger partial charge < -0.3 is 26.0 Å². The van der Waals surface area contributed by atoms with E-state index in [1.165, 1.54) is 0 Å². The normalized spacial score (nSPS) is 15.2. The molecule has 0 radical (unpaired) electrons. The van der Waals surface area contributed by atoms with Crippen molar-refractivity contribution in [2.75, 3.05) is 13.7 Å². The fraction of sp³-hybridized carbons (Fsp3) is 0.344. The largest absolute Gasteiger partial charge is 0.497 e. The molecule has 3 aromatic rings. The Morgan fingerprint density at radius 2 is 1.77 bits per heavy atom. The van der Waals surface area contributed by atoms with Crippen molar-refractivity contribution >= 4 is 17.7 Å². The van der Waals surface area contributed by atoms with Gasteiger partial charge in [-0.15, -0.1) is 0 Å². The van der Waals surface area contributed by atoms with Gasteiger partial charge in [0, 0.05) is 43.6 Å². The summed E-state index contributed by atoms with van der Waals surface area (Å²) < 4.78 is 5.41. The molecular formula is C32H38N4O4. The van der Waals surface area contributed by atoms with E-state index in [2.05, 4.69) is 10.6 Å². The maximum Gasteiger partial charge on any atom is 0.251 e. The number of nitrogens with one attached hydrogen (secondary N) is 2. The first-order valence-corrected chi connectivity index (χ1v) is 13.6. The first kappa shape index (κ1) is 28.8. The molecule has 0 bridgehead atoms. The van der Waals surface area contributed by atoms with E-state index in [4.69, 9.17) is 10.5 Å². The van der Waals surface area contributed by atoms with E-state index in [1.807, 2.05) is 73.7 Å². The second-order valence-electron chi connectivity index (χ2n) is 10.9. The van der Waals surface area contributed by atoms with Crippen molar-refractivity contribution in [2.45, 2.75) is 58.3 Å². The van der Waals surface area contributed by atoms with Gasteiger partial charge in [-0.2, -0.15) is 0 Å². The Bertz CT molecular complexity index is 1380. The van der Waals surface area contributed by atoms with Crippen molar-refractivity contribution in [3.05, 3.63) is 89.0 Å². The van der Waals surface area contributed by atoms with Gasteiger partial charge in [-0.05, 0) is 66.8 Å². The second kappa shape index (κ2) is 12.3. The van der Waals surface area contributed by atoms with Crippen LogP contribution in [0.5, 0.6) is 5.75 Å². The van der Waals surface area contributed by atoms with Gasteiger partial charge in [0.25, 0.3) is 5.91 Å². The number of carbonyl (C=O) groups is 3. The third kappa shape index (κ3) is 7.07. The standard InChI is InChI=1S/C32H38N4O4/c1-5-34-30(38)27-9-7-6-8-26(27)22-12-10-21(11-13-22)19-36-20-23-14-15-25(40-4)16-24(23)17-28(31(36)39)35-29(37)18-32(2,3)33/h6-16,28H,5,17-20,33H2,1-4H3,(H,34,38)(H,35,37)/t28-/m1/s1. The summed E-state index contributed by atoms with van der Waals surface area (Å²) in [7, 11) is 1.61. The molecule has 8 heteroatoms. The van der Waals surface area contributed by atoms with Gasteiger partial charge in [0.05, 0.1) is 7.11 Å². The van der Waals surface area contributed by atoms with Gasteiger partial charge in [-0.3, -0.25) is 14.4 Å². The summed E-state index contributed by atoms with van der Waals surface area (Å²) in [5, 5.41) is 5.79. The molecule has 8 nitrogen and oxygen atoms in total. The Labute approximate surface area is 235 Å². The molecule has 1 atom stereocenters. The number of nitrogens with zero attached hydrogens (tertiary/aromatic N) is 1. The Balaban J connectivity index is 1.59. The van der Waals surface area contributed by atoms with Gasteiger partial charge in [-0.25, -0.2) is 0 Å². The zero-order valence-electron chi connectivity index (χ0n) is 23.6. The highest BCUT2D eigenvalue weighted by atomic mass is 16.5. The molecule has 1 aliphatic heterocycles. The van der Waals surface area contributed by atoms with Crippen LogP contribution in [0, 0.1) is 0 Å². The van der Waals surface area contributed by atoms with Gasteiger partial charge in [0.2, 0.25) is 11.8 Å². The summed E-state index contributed by atoms with van der Waals surface area (Å²) >= 11 is 0. The summed E-state index contributed by atoms with van der Waals surface area (Å²) in [5.41, 5.74) is 10.7. The third-order valence-corrected chi connectivity index (χ3v) is 6.91. The van der Waals surface area contributed by atoms with Crippen LogP contribution < -0.4 is 21.1 Å². The van der Waals surface area contributed by atoms with Crippen molar-refractivity contribution in [3.63, 3.8) is 0 Å². The number of carbonyl (C=O) groups excluding carboxylic acids is 3. The molecule has 0 unspecified atom stereocenters. The first-order chi connectivity index (χ1) is 19.1. The highest BCUT2D eigenvalue weighted by Gasteiger charge is 2.32. The molecule has 1 heterocycles. The topological polar surface area (TPSA) is 114 Å². The highest BCUT2D eigenvalue weighted by molar-refractivity contribution is 6.00. The Morgan fingerprint density at radius 1 is 1.05 bits per heavy atom. The van der Waals surface area contributed by atoms with Gasteiger partial charge >= 0.3 is 0 Å². The van der Waals surface area contributed by atoms with Crippen LogP contribution in [-0.4, -0.2) is 47.9 Å². The molecule has 3 amide bonds. The number of amides is 3. The average Bonchev–Trinajstić information content (AvgIpc) is 3.04. The molecule has 1 aliphatic rings. The van der Waals surface area contributed by atoms with E-state index in [1.54, 1.807) is 25.9 Å². The van der Waals surface area contributed by atoms with E-state index in [9.17, 15) is 14.4 Å². The molecule has 40 heavy (non-hydrogen) atoms. The molecule has 210 valence electrons. The molecule has 3 aromatic carbocycles. The van der Waals surface area contributed by atoms with Crippen LogP contribution in [0.25, 0.3) is 11.1 Å². The quantitative estimate of drug-likeness (QED) is 0.381. The average molecular weight is 543 g/mol. The minimum Gasteiger partial charge on any atom is -0.497 e. The van der Waals surface area contributed by atoms with Crippen LogP contribution >= 0.6 is 0 Å². The fourth-order valence-electron chi connectivity index (χ4n) is 4.99. The number of fused-ring (bicyclic) bond motifs is 1. The van der Waals surface area contributed by atoms with Crippen LogP contribution in [0.3, 0.4) is 0 Å². The Hall–Kier alpha value is -4.17. The summed E-state index contributed by atoms with van der Waals surface area (Å²) in [6.45, 7) is 6.80. The molecule has 0 saturated heterocycles. The van der Waals surface area contributed by atoms with Gasteiger partial charge in [-0.1, -0.05) is 48.5 Å². The van der Waals surface area contributed by atoms with E-state index < -0.39 is 11.6 Å². The Kier molecular flexibility index (Phi) is 8.90. The van der Waals surface area contributed by atoms with Crippen LogP contribution in [0.15, 0.2) is 66.7 Å². The van der Waals surface area contributed by atoms with Crippen molar-refractivity contribution < 1.29 is 19.1 Å². The summed E-state index contributed by atoms with van der Waals surface area (Å²) in [6.07, 6.45) is 0.481. The minimum absolute atomic E-state index is 0.112. The van der Waals surface area contributed by atoms with E-state index in [0.29, 0.717) is 37.4 Å². The number of benzene rings is 3. The SMILES string of the molecule is CCNC(=O)c1ccccc1-c1ccc(CN2Cc3ccc(OC)cc3C[C@@H](NC(=O)CC(C)(C)N)C2=O)cc1. The molecule has 0 fully saturated rings. The van der Waals surface area contributed by atoms with E-state index >= 15 is 0 Å². The van der Waals surface area contributed by atoms with Crippen molar-refractivity contribution in [1.29, 1.82) is 0 Å². The molecule has 4 N–H and O–H groups in total. The maximum atomic E-state index is 13.7. The lowest BCUT2D eigenvalue weighted by atomic mass is 9.98. The van der Waals surface area contributed by atoms with E-state index in [0.717, 1.165) is 27.8 Å². The Morgan fingerprint density at radius 3 is 2.45 bits per heavy atom. The predicted molar refractivity (Wildman–Crippen MR) is 156 cm³/mol. The molecule has 0 saturated carbocycles. The summed E-state index contributed by atoms with van der Waals surface area (Å²) in [4.78, 5) is 40.8. The lowest BCUT2D eigenvalue weighted by molar-refractivity contribution is -0.137. The van der Waals surface area contributed by atoms with Crippen LogP contribution in [-0.2, 0) is 29.1 Å². The number of hydrogen-bond donors (Lipinski definition) is 3. The fourth-order valence-corrected chi connectivity index (χ4v) is 4.99. The minimum atomic E-state index is -0.716. The van der Waals surface area contributed by atoms with Gasteiger partial charge in [0.1, 0.15) is 11.8 Å². The number of methoxy groups -OCH3 is 1. The van der Waals surface area contributed by atoms with Crippen molar-refractivity contribution in [1.82, 2.24) is 15.5 Å². The second-order valence-corrected chi connectivity index (χ2v) is 10.9. The number of ether oxygens (including phenoxy) is 1. The summed E-state index contributed by atoms with van der Waals surface area (Å²) in [6, 6.07) is 20.5. The maximum absolute atomic E-state index is 13.7. The van der Waals surface area contributed by atoms with Crippen LogP contribution in [0.2, 0.25) is 0 Å². The monoisotopic (exact) mass is 542 g/mol. The number of hydrogen-bond acceptors (Lipinski definition) is 5. The molecule has 0 aliphatic carbocycles. The zero-order chi connectivity index (χ0) is 28.9. The molecule has 0 aromatic heterocycles. The molecular weight excluding hydrogens is 504 g/mol. The number of nitrogens with two attached hydrogens (primary N) is 1. The molecule has 4 rings (SSSR count). The van der Waals surface area contributed by atoms with E-state index in [-0.39, 0.29) is 24.1 Å². The van der Waals surface area contributed by atoms with Crippen molar-refractivity contribution in [3.8, 4) is 16.9 Å². The predicted octanol–water partition coefficient (Wildman–Crippen LogP) is 3.81. The lowest BCUT2D eigenvalue weighted by Gasteiger charge is -2.26. The summed E-state index contributed by atoms with van der Waals surface area (Å²) in [5.74, 6) is 0.186. The third-order valence-electron chi connectivity index (χ3n) is 6.91. The smallest absolute Gasteiger partial charge is 0.251 e. The van der Waals surface area contributed by atoms with Crippen molar-refractivity contribution in [2.24, 2.45) is 5.73 Å². The first-order valence-electron chi connectivity index (χ1n) is 13.6.